The van der Waals surface area contributed by atoms with Gasteiger partial charge in [0.2, 0.25) is 5.75 Å². The molecule has 0 spiro atoms. The smallest absolute Gasteiger partial charge is 0.338 e. The Labute approximate surface area is 232 Å². The van der Waals surface area contributed by atoms with Crippen LogP contribution in [0.25, 0.3) is 16.8 Å². The molecule has 4 aromatic rings. The fourth-order valence-corrected chi connectivity index (χ4v) is 5.92. The average Bonchev–Trinajstić information content (AvgIpc) is 3.25. The Bertz CT molecular complexity index is 1880. The number of benzene rings is 3. The van der Waals surface area contributed by atoms with Crippen molar-refractivity contribution in [2.75, 3.05) is 20.8 Å². The topological polar surface area (TPSA) is 122 Å². The van der Waals surface area contributed by atoms with Crippen molar-refractivity contribution in [2.45, 2.75) is 19.9 Å². The van der Waals surface area contributed by atoms with Crippen LogP contribution in [-0.2, 0) is 9.53 Å². The summed E-state index contributed by atoms with van der Waals surface area (Å²) in [5.74, 6) is -0.225. The third kappa shape index (κ3) is 4.54. The Morgan fingerprint density at radius 2 is 1.85 bits per heavy atom. The molecule has 0 aliphatic carbocycles. The number of allylic oxidation sites excluding steroid dienone is 1. The summed E-state index contributed by atoms with van der Waals surface area (Å²) in [6, 6.07) is 15.4. The van der Waals surface area contributed by atoms with Gasteiger partial charge >= 0.3 is 11.7 Å². The van der Waals surface area contributed by atoms with Crippen molar-refractivity contribution >= 4 is 39.8 Å². The lowest BCUT2D eigenvalue weighted by Gasteiger charge is -2.25. The summed E-state index contributed by atoms with van der Waals surface area (Å²) < 4.78 is 17.7. The highest BCUT2D eigenvalue weighted by atomic mass is 32.1. The lowest BCUT2D eigenvalue weighted by atomic mass is 9.91. The molecular weight excluding hydrogens is 534 g/mol. The lowest BCUT2D eigenvalue weighted by molar-refractivity contribution is -0.385. The molecule has 11 heteroatoms. The number of nitro benzene ring substituents is 1. The van der Waals surface area contributed by atoms with Crippen LogP contribution in [0, 0.1) is 10.1 Å². The van der Waals surface area contributed by atoms with Gasteiger partial charge in [0, 0.05) is 17.7 Å². The number of carbonyl (C=O) groups excluding carboxylic acids is 1. The van der Waals surface area contributed by atoms with Crippen LogP contribution in [-0.4, -0.2) is 36.3 Å². The number of carbonyl (C=O) groups is 1. The molecule has 1 aromatic heterocycles. The number of thiazole rings is 1. The number of fused-ring (bicyclic) bond motifs is 2. The highest BCUT2D eigenvalue weighted by Gasteiger charge is 2.34. The normalized spacial score (nSPS) is 15.0. The van der Waals surface area contributed by atoms with Gasteiger partial charge < -0.3 is 14.2 Å². The molecule has 1 aliphatic rings. The number of hydrogen-bond acceptors (Lipinski definition) is 9. The van der Waals surface area contributed by atoms with Crippen LogP contribution in [0.1, 0.15) is 31.0 Å². The van der Waals surface area contributed by atoms with Crippen molar-refractivity contribution in [1.29, 1.82) is 0 Å². The third-order valence-electron chi connectivity index (χ3n) is 6.65. The van der Waals surface area contributed by atoms with Crippen LogP contribution >= 0.6 is 11.3 Å². The molecule has 0 saturated carbocycles. The predicted octanol–water partition coefficient (Wildman–Crippen LogP) is 3.88. The molecule has 2 heterocycles. The second-order valence-corrected chi connectivity index (χ2v) is 9.90. The first-order valence-corrected chi connectivity index (χ1v) is 13.2. The van der Waals surface area contributed by atoms with Gasteiger partial charge in [-0.3, -0.25) is 19.5 Å². The largest absolute Gasteiger partial charge is 0.496 e. The van der Waals surface area contributed by atoms with E-state index in [-0.39, 0.29) is 28.1 Å². The molecular formula is C29H25N3O7S. The van der Waals surface area contributed by atoms with E-state index in [9.17, 15) is 19.7 Å². The molecule has 40 heavy (non-hydrogen) atoms. The van der Waals surface area contributed by atoms with Crippen LogP contribution < -0.4 is 24.4 Å². The number of rotatable bonds is 7. The Morgan fingerprint density at radius 3 is 2.55 bits per heavy atom. The third-order valence-corrected chi connectivity index (χ3v) is 7.63. The molecule has 10 nitrogen and oxygen atoms in total. The maximum absolute atomic E-state index is 14.0. The van der Waals surface area contributed by atoms with Gasteiger partial charge in [-0.25, -0.2) is 9.79 Å². The standard InChI is InChI=1S/C29H25N3O7S/c1-5-39-28(34)25-16(2)30-29-31(26(25)20-12-8-10-17-9-6-7-11-19(17)20)27(33)24(40-29)14-18-13-21(32(35)36)23(38-4)15-22(18)37-3/h6-15,26H,5H2,1-4H3/b24-14+/t26-/m1/s1. The van der Waals surface area contributed by atoms with Crippen molar-refractivity contribution in [2.24, 2.45) is 4.99 Å². The molecule has 1 aliphatic heterocycles. The zero-order valence-electron chi connectivity index (χ0n) is 22.2. The maximum atomic E-state index is 14.0. The summed E-state index contributed by atoms with van der Waals surface area (Å²) in [5, 5.41) is 13.5. The predicted molar refractivity (Wildman–Crippen MR) is 151 cm³/mol. The number of esters is 1. The summed E-state index contributed by atoms with van der Waals surface area (Å²) in [4.78, 5) is 43.3. The Balaban J connectivity index is 1.80. The number of hydrogen-bond donors (Lipinski definition) is 0. The molecule has 0 saturated heterocycles. The van der Waals surface area contributed by atoms with E-state index >= 15 is 0 Å². The SMILES string of the molecule is CCOC(=O)C1=C(C)N=c2s/c(=C/c3cc([N+](=O)[O-])c(OC)cc3OC)c(=O)n2[C@@H]1c1cccc2ccccc12. The molecule has 0 unspecified atom stereocenters. The average molecular weight is 560 g/mol. The van der Waals surface area contributed by atoms with Crippen LogP contribution in [0.2, 0.25) is 0 Å². The minimum Gasteiger partial charge on any atom is -0.496 e. The molecule has 0 radical (unpaired) electrons. The first kappa shape index (κ1) is 26.8. The minimum absolute atomic E-state index is 0.0334. The van der Waals surface area contributed by atoms with Crippen molar-refractivity contribution in [3.8, 4) is 11.5 Å². The van der Waals surface area contributed by atoms with E-state index in [0.29, 0.717) is 21.8 Å². The van der Waals surface area contributed by atoms with E-state index < -0.39 is 22.5 Å². The molecule has 3 aromatic carbocycles. The van der Waals surface area contributed by atoms with Gasteiger partial charge in [0.1, 0.15) is 5.75 Å². The Hall–Kier alpha value is -4.77. The second-order valence-electron chi connectivity index (χ2n) is 8.89. The van der Waals surface area contributed by atoms with Crippen molar-refractivity contribution in [3.05, 3.63) is 107 Å². The Kier molecular flexibility index (Phi) is 7.22. The van der Waals surface area contributed by atoms with Gasteiger partial charge in [-0.1, -0.05) is 53.8 Å². The first-order valence-electron chi connectivity index (χ1n) is 12.4. The molecule has 0 amide bonds. The van der Waals surface area contributed by atoms with Crippen molar-refractivity contribution in [3.63, 3.8) is 0 Å². The molecule has 0 fully saturated rings. The number of aromatic nitrogens is 1. The number of nitrogens with zero attached hydrogens (tertiary/aromatic N) is 3. The quantitative estimate of drug-likeness (QED) is 0.191. The van der Waals surface area contributed by atoms with Gasteiger partial charge in [-0.05, 0) is 36.3 Å². The number of nitro groups is 1. The molecule has 0 N–H and O–H groups in total. The first-order chi connectivity index (χ1) is 19.3. The van der Waals surface area contributed by atoms with E-state index in [2.05, 4.69) is 4.99 Å². The highest BCUT2D eigenvalue weighted by Crippen LogP contribution is 2.36. The van der Waals surface area contributed by atoms with Gasteiger partial charge in [0.25, 0.3) is 5.56 Å². The van der Waals surface area contributed by atoms with Gasteiger partial charge in [-0.15, -0.1) is 0 Å². The summed E-state index contributed by atoms with van der Waals surface area (Å²) in [5.41, 5.74) is 1.12. The van der Waals surface area contributed by atoms with E-state index in [1.807, 2.05) is 42.5 Å². The maximum Gasteiger partial charge on any atom is 0.338 e. The van der Waals surface area contributed by atoms with Gasteiger partial charge in [0.05, 0.1) is 47.6 Å². The summed E-state index contributed by atoms with van der Waals surface area (Å²) >= 11 is 1.12. The molecule has 1 atom stereocenters. The summed E-state index contributed by atoms with van der Waals surface area (Å²) in [7, 11) is 2.76. The molecule has 5 rings (SSSR count). The monoisotopic (exact) mass is 559 g/mol. The number of ether oxygens (including phenoxy) is 3. The fraction of sp³-hybridized carbons (Fsp3) is 0.207. The fourth-order valence-electron chi connectivity index (χ4n) is 4.88. The van der Waals surface area contributed by atoms with E-state index in [1.54, 1.807) is 13.8 Å². The Morgan fingerprint density at radius 1 is 1.12 bits per heavy atom. The molecule has 0 bridgehead atoms. The van der Waals surface area contributed by atoms with Crippen LogP contribution in [0.15, 0.2) is 75.7 Å². The van der Waals surface area contributed by atoms with Crippen LogP contribution in [0.4, 0.5) is 5.69 Å². The lowest BCUT2D eigenvalue weighted by Crippen LogP contribution is -2.40. The zero-order valence-corrected chi connectivity index (χ0v) is 23.0. The highest BCUT2D eigenvalue weighted by molar-refractivity contribution is 7.07. The molecule has 204 valence electrons. The van der Waals surface area contributed by atoms with Gasteiger partial charge in [-0.2, -0.15) is 0 Å². The summed E-state index contributed by atoms with van der Waals surface area (Å²) in [6.45, 7) is 3.60. The second kappa shape index (κ2) is 10.8. The van der Waals surface area contributed by atoms with Crippen LogP contribution in [0.3, 0.4) is 0 Å². The number of methoxy groups -OCH3 is 2. The van der Waals surface area contributed by atoms with E-state index in [1.165, 1.54) is 37.0 Å². The zero-order chi connectivity index (χ0) is 28.6. The van der Waals surface area contributed by atoms with Gasteiger partial charge in [0.15, 0.2) is 4.80 Å². The van der Waals surface area contributed by atoms with Crippen LogP contribution in [0.5, 0.6) is 11.5 Å². The van der Waals surface area contributed by atoms with E-state index in [4.69, 9.17) is 14.2 Å². The van der Waals surface area contributed by atoms with Crippen molar-refractivity contribution < 1.29 is 23.9 Å². The van der Waals surface area contributed by atoms with E-state index in [0.717, 1.165) is 27.7 Å². The van der Waals surface area contributed by atoms with Crippen molar-refractivity contribution in [1.82, 2.24) is 4.57 Å². The minimum atomic E-state index is -0.796. The summed E-state index contributed by atoms with van der Waals surface area (Å²) in [6.07, 6.45) is 1.53.